The molecule has 2 aromatic rings. The van der Waals surface area contributed by atoms with Crippen molar-refractivity contribution in [3.05, 3.63) is 52.3 Å². The highest BCUT2D eigenvalue weighted by atomic mass is 16.5. The number of carboxylic acid groups (broad SMARTS) is 1. The highest BCUT2D eigenvalue weighted by molar-refractivity contribution is 6.02. The van der Waals surface area contributed by atoms with E-state index in [0.29, 0.717) is 29.1 Å². The molecule has 0 saturated carbocycles. The number of benzene rings is 1. The Morgan fingerprint density at radius 1 is 1.22 bits per heavy atom. The number of hydrogen-bond donors (Lipinski definition) is 3. The van der Waals surface area contributed by atoms with Crippen LogP contribution in [-0.4, -0.2) is 34.4 Å². The van der Waals surface area contributed by atoms with Crippen LogP contribution in [0.15, 0.2) is 24.3 Å². The van der Waals surface area contributed by atoms with Gasteiger partial charge in [0.25, 0.3) is 5.91 Å². The van der Waals surface area contributed by atoms with Gasteiger partial charge in [-0.15, -0.1) is 0 Å². The Morgan fingerprint density at radius 3 is 2.37 bits per heavy atom. The molecule has 0 aliphatic carbocycles. The monoisotopic (exact) mass is 372 g/mol. The van der Waals surface area contributed by atoms with Crippen LogP contribution in [0.1, 0.15) is 64.5 Å². The summed E-state index contributed by atoms with van der Waals surface area (Å²) >= 11 is 0. The lowest BCUT2D eigenvalue weighted by Crippen LogP contribution is -2.27. The molecule has 0 spiro atoms. The minimum atomic E-state index is -1.04. The molecule has 1 heterocycles. The lowest BCUT2D eigenvalue weighted by Gasteiger charge is -2.15. The van der Waals surface area contributed by atoms with Gasteiger partial charge in [0.05, 0.1) is 6.04 Å². The first-order chi connectivity index (χ1) is 12.7. The molecule has 7 heteroatoms. The number of amides is 1. The Morgan fingerprint density at radius 2 is 1.85 bits per heavy atom. The van der Waals surface area contributed by atoms with Gasteiger partial charge in [0.15, 0.2) is 12.4 Å². The summed E-state index contributed by atoms with van der Waals surface area (Å²) in [6.45, 7) is 6.62. The van der Waals surface area contributed by atoms with Crippen molar-refractivity contribution in [3.63, 3.8) is 0 Å². The number of rotatable bonds is 8. The fraction of sp³-hybridized carbons (Fsp3) is 0.350. The first kappa shape index (κ1) is 20.2. The molecular weight excluding hydrogens is 348 g/mol. The van der Waals surface area contributed by atoms with Crippen molar-refractivity contribution >= 4 is 17.7 Å². The van der Waals surface area contributed by atoms with Gasteiger partial charge in [0.1, 0.15) is 11.4 Å². The molecular formula is C20H24N2O5. The van der Waals surface area contributed by atoms with Crippen LogP contribution in [0.5, 0.6) is 5.75 Å². The number of ketones is 1. The van der Waals surface area contributed by atoms with Crippen molar-refractivity contribution < 1.29 is 24.2 Å². The molecule has 0 bridgehead atoms. The molecule has 27 heavy (non-hydrogen) atoms. The minimum absolute atomic E-state index is 0.0651. The van der Waals surface area contributed by atoms with Crippen LogP contribution < -0.4 is 10.1 Å². The summed E-state index contributed by atoms with van der Waals surface area (Å²) in [5, 5.41) is 11.5. The average molecular weight is 372 g/mol. The lowest BCUT2D eigenvalue weighted by molar-refractivity contribution is -0.139. The van der Waals surface area contributed by atoms with E-state index in [-0.39, 0.29) is 17.7 Å². The van der Waals surface area contributed by atoms with Gasteiger partial charge in [0.2, 0.25) is 0 Å². The van der Waals surface area contributed by atoms with Gasteiger partial charge in [-0.1, -0.05) is 19.1 Å². The van der Waals surface area contributed by atoms with E-state index in [1.165, 1.54) is 6.92 Å². The number of aryl methyl sites for hydroxylation is 1. The largest absolute Gasteiger partial charge is 0.482 e. The summed E-state index contributed by atoms with van der Waals surface area (Å²) in [5.41, 5.74) is 3.25. The van der Waals surface area contributed by atoms with Crippen LogP contribution in [0.4, 0.5) is 0 Å². The lowest BCUT2D eigenvalue weighted by atomic mass is 10.0. The van der Waals surface area contributed by atoms with E-state index in [2.05, 4.69) is 10.3 Å². The molecule has 0 aliphatic heterocycles. The van der Waals surface area contributed by atoms with E-state index in [0.717, 1.165) is 11.1 Å². The third-order valence-corrected chi connectivity index (χ3v) is 4.31. The molecule has 0 aliphatic rings. The fourth-order valence-corrected chi connectivity index (χ4v) is 3.05. The van der Waals surface area contributed by atoms with Gasteiger partial charge in [-0.05, 0) is 50.5 Å². The topological polar surface area (TPSA) is 108 Å². The Balaban J connectivity index is 2.13. The molecule has 0 saturated heterocycles. The first-order valence-electron chi connectivity index (χ1n) is 8.72. The Bertz CT molecular complexity index is 852. The number of carbonyl (C=O) groups excluding carboxylic acids is 2. The second kappa shape index (κ2) is 8.53. The van der Waals surface area contributed by atoms with E-state index in [9.17, 15) is 14.4 Å². The Hall–Kier alpha value is -3.09. The fourth-order valence-electron chi connectivity index (χ4n) is 3.05. The molecule has 1 aromatic heterocycles. The quantitative estimate of drug-likeness (QED) is 0.617. The van der Waals surface area contributed by atoms with E-state index >= 15 is 0 Å². The third-order valence-electron chi connectivity index (χ3n) is 4.31. The molecule has 1 amide bonds. The maximum atomic E-state index is 12.7. The minimum Gasteiger partial charge on any atom is -0.482 e. The number of hydrogen-bond acceptors (Lipinski definition) is 4. The number of aliphatic carboxylic acids is 1. The molecule has 1 unspecified atom stereocenters. The summed E-state index contributed by atoms with van der Waals surface area (Å²) < 4.78 is 5.10. The summed E-state index contributed by atoms with van der Waals surface area (Å²) in [5.74, 6) is -0.942. The van der Waals surface area contributed by atoms with Crippen LogP contribution in [0, 0.1) is 6.92 Å². The molecule has 1 aromatic carbocycles. The Kier molecular flexibility index (Phi) is 6.39. The molecule has 1 atom stereocenters. The number of carboxylic acids is 1. The van der Waals surface area contributed by atoms with Crippen LogP contribution in [-0.2, 0) is 11.2 Å². The van der Waals surface area contributed by atoms with Crippen LogP contribution in [0.3, 0.4) is 0 Å². The van der Waals surface area contributed by atoms with Gasteiger partial charge in [-0.3, -0.25) is 9.59 Å². The number of carbonyl (C=O) groups is 3. The standard InChI is InChI=1S/C20H24N2O5/c1-5-16-18(13(4)23)12(3)21-19(16)20(26)22-11(2)14-6-8-15(9-7-14)27-10-17(24)25/h6-9,11,21H,5,10H2,1-4H3,(H,22,26)(H,24,25). The molecule has 3 N–H and O–H groups in total. The van der Waals surface area contributed by atoms with Crippen molar-refractivity contribution in [1.82, 2.24) is 10.3 Å². The van der Waals surface area contributed by atoms with Crippen LogP contribution in [0.25, 0.3) is 0 Å². The predicted molar refractivity (Wildman–Crippen MR) is 100 cm³/mol. The summed E-state index contributed by atoms with van der Waals surface area (Å²) in [4.78, 5) is 38.1. The number of aromatic nitrogens is 1. The second-order valence-corrected chi connectivity index (χ2v) is 6.33. The second-order valence-electron chi connectivity index (χ2n) is 6.33. The maximum absolute atomic E-state index is 12.7. The summed E-state index contributed by atoms with van der Waals surface area (Å²) in [6, 6.07) is 6.57. The highest BCUT2D eigenvalue weighted by Gasteiger charge is 2.22. The number of nitrogens with one attached hydrogen (secondary N) is 2. The van der Waals surface area contributed by atoms with Crippen molar-refractivity contribution in [2.24, 2.45) is 0 Å². The molecule has 0 fully saturated rings. The van der Waals surface area contributed by atoms with Crippen LogP contribution >= 0.6 is 0 Å². The number of ether oxygens (including phenoxy) is 1. The molecule has 2 rings (SSSR count). The molecule has 144 valence electrons. The van der Waals surface area contributed by atoms with Gasteiger partial charge < -0.3 is 20.1 Å². The molecule has 0 radical (unpaired) electrons. The highest BCUT2D eigenvalue weighted by Crippen LogP contribution is 2.22. The van der Waals surface area contributed by atoms with Crippen molar-refractivity contribution in [2.45, 2.75) is 40.2 Å². The van der Waals surface area contributed by atoms with Gasteiger partial charge in [0, 0.05) is 11.3 Å². The molecule has 7 nitrogen and oxygen atoms in total. The zero-order chi connectivity index (χ0) is 20.1. The van der Waals surface area contributed by atoms with Crippen molar-refractivity contribution in [3.8, 4) is 5.75 Å². The average Bonchev–Trinajstić information content (AvgIpc) is 2.97. The number of Topliss-reactive ketones (excluding diaryl/α,β-unsaturated/α-hetero) is 1. The summed E-state index contributed by atoms with van der Waals surface area (Å²) in [7, 11) is 0. The van der Waals surface area contributed by atoms with E-state index < -0.39 is 12.6 Å². The zero-order valence-electron chi connectivity index (χ0n) is 15.9. The number of H-pyrrole nitrogens is 1. The normalized spacial score (nSPS) is 11.7. The van der Waals surface area contributed by atoms with Crippen LogP contribution in [0.2, 0.25) is 0 Å². The van der Waals surface area contributed by atoms with E-state index in [1.807, 2.05) is 13.8 Å². The van der Waals surface area contributed by atoms with Gasteiger partial charge >= 0.3 is 5.97 Å². The Labute approximate surface area is 157 Å². The maximum Gasteiger partial charge on any atom is 0.341 e. The SMILES string of the molecule is CCc1c(C(=O)NC(C)c2ccc(OCC(=O)O)cc2)[nH]c(C)c1C(C)=O. The van der Waals surface area contributed by atoms with Crippen molar-refractivity contribution in [2.75, 3.05) is 6.61 Å². The predicted octanol–water partition coefficient (Wildman–Crippen LogP) is 3.04. The van der Waals surface area contributed by atoms with Crippen molar-refractivity contribution in [1.29, 1.82) is 0 Å². The number of aromatic amines is 1. The summed E-state index contributed by atoms with van der Waals surface area (Å²) in [6.07, 6.45) is 0.575. The van der Waals surface area contributed by atoms with Gasteiger partial charge in [-0.2, -0.15) is 0 Å². The first-order valence-corrected chi connectivity index (χ1v) is 8.72. The zero-order valence-corrected chi connectivity index (χ0v) is 15.9. The van der Waals surface area contributed by atoms with E-state index in [1.54, 1.807) is 31.2 Å². The van der Waals surface area contributed by atoms with E-state index in [4.69, 9.17) is 9.84 Å². The van der Waals surface area contributed by atoms with Gasteiger partial charge in [-0.25, -0.2) is 4.79 Å². The smallest absolute Gasteiger partial charge is 0.341 e. The third kappa shape index (κ3) is 4.75.